The summed E-state index contributed by atoms with van der Waals surface area (Å²) in [7, 11) is 0. The van der Waals surface area contributed by atoms with Crippen molar-refractivity contribution in [3.05, 3.63) is 46.9 Å². The van der Waals surface area contributed by atoms with Gasteiger partial charge in [-0.15, -0.1) is 0 Å². The molecule has 0 amide bonds. The van der Waals surface area contributed by atoms with Crippen molar-refractivity contribution in [1.29, 1.82) is 0 Å². The fourth-order valence-electron chi connectivity index (χ4n) is 1.82. The first kappa shape index (κ1) is 11.2. The average Bonchev–Trinajstić information content (AvgIpc) is 2.78. The number of aromatic nitrogens is 3. The minimum absolute atomic E-state index is 0.0811. The van der Waals surface area contributed by atoms with Gasteiger partial charge in [-0.1, -0.05) is 11.6 Å². The number of imidazole rings is 1. The predicted octanol–water partition coefficient (Wildman–Crippen LogP) is 3.73. The molecule has 0 spiro atoms. The number of H-pyrrole nitrogens is 1. The van der Waals surface area contributed by atoms with Crippen LogP contribution in [-0.2, 0) is 0 Å². The molecule has 0 saturated carbocycles. The van der Waals surface area contributed by atoms with Gasteiger partial charge in [0.1, 0.15) is 11.6 Å². The first-order chi connectivity index (χ1) is 8.65. The van der Waals surface area contributed by atoms with Crippen LogP contribution in [0.25, 0.3) is 22.6 Å². The van der Waals surface area contributed by atoms with Crippen molar-refractivity contribution >= 4 is 22.8 Å². The third kappa shape index (κ3) is 1.75. The van der Waals surface area contributed by atoms with E-state index in [-0.39, 0.29) is 5.02 Å². The fraction of sp³-hybridized carbons (Fsp3) is 0.0769. The van der Waals surface area contributed by atoms with Gasteiger partial charge in [-0.25, -0.2) is 14.4 Å². The molecule has 5 heteroatoms. The molecule has 2 aromatic heterocycles. The lowest BCUT2D eigenvalue weighted by Gasteiger charge is -1.98. The quantitative estimate of drug-likeness (QED) is 0.725. The molecule has 0 atom stereocenters. The molecular weight excluding hydrogens is 253 g/mol. The van der Waals surface area contributed by atoms with Crippen LogP contribution in [0.15, 0.2) is 30.5 Å². The molecule has 0 radical (unpaired) electrons. The molecule has 3 aromatic rings. The maximum absolute atomic E-state index is 13.1. The van der Waals surface area contributed by atoms with Crippen molar-refractivity contribution in [1.82, 2.24) is 15.0 Å². The fourth-order valence-corrected chi connectivity index (χ4v) is 2.00. The van der Waals surface area contributed by atoms with E-state index in [9.17, 15) is 4.39 Å². The average molecular weight is 262 g/mol. The van der Waals surface area contributed by atoms with Gasteiger partial charge < -0.3 is 4.98 Å². The number of pyridine rings is 1. The first-order valence-corrected chi connectivity index (χ1v) is 5.79. The number of aryl methyl sites for hydroxylation is 1. The van der Waals surface area contributed by atoms with E-state index in [4.69, 9.17) is 11.6 Å². The molecule has 0 aliphatic heterocycles. The molecule has 0 aliphatic rings. The Labute approximate surface area is 108 Å². The Bertz CT molecular complexity index is 736. The molecule has 18 heavy (non-hydrogen) atoms. The molecule has 0 saturated heterocycles. The molecular formula is C13H9ClFN3. The normalized spacial score (nSPS) is 11.1. The molecule has 0 bridgehead atoms. The number of benzene rings is 1. The van der Waals surface area contributed by atoms with E-state index in [0.29, 0.717) is 11.5 Å². The van der Waals surface area contributed by atoms with E-state index in [1.165, 1.54) is 6.07 Å². The summed E-state index contributed by atoms with van der Waals surface area (Å²) in [4.78, 5) is 11.7. The number of fused-ring (bicyclic) bond motifs is 1. The summed E-state index contributed by atoms with van der Waals surface area (Å²) >= 11 is 5.76. The number of hydrogen-bond acceptors (Lipinski definition) is 2. The molecule has 0 fully saturated rings. The third-order valence-electron chi connectivity index (χ3n) is 2.79. The van der Waals surface area contributed by atoms with Gasteiger partial charge in [0.2, 0.25) is 0 Å². The van der Waals surface area contributed by atoms with Crippen LogP contribution >= 0.6 is 11.6 Å². The zero-order valence-electron chi connectivity index (χ0n) is 9.54. The molecule has 3 nitrogen and oxygen atoms in total. The van der Waals surface area contributed by atoms with Gasteiger partial charge in [-0.2, -0.15) is 0 Å². The summed E-state index contributed by atoms with van der Waals surface area (Å²) in [6.45, 7) is 1.98. The predicted molar refractivity (Wildman–Crippen MR) is 69.0 cm³/mol. The van der Waals surface area contributed by atoms with Gasteiger partial charge >= 0.3 is 0 Å². The van der Waals surface area contributed by atoms with Crippen molar-refractivity contribution < 1.29 is 4.39 Å². The number of halogens is 2. The van der Waals surface area contributed by atoms with Crippen LogP contribution in [0.3, 0.4) is 0 Å². The van der Waals surface area contributed by atoms with Gasteiger partial charge in [-0.3, -0.25) is 0 Å². The molecule has 1 aromatic carbocycles. The van der Waals surface area contributed by atoms with E-state index in [1.807, 2.05) is 13.0 Å². The summed E-state index contributed by atoms with van der Waals surface area (Å²) in [5.74, 6) is 0.194. The van der Waals surface area contributed by atoms with Gasteiger partial charge in [0.15, 0.2) is 5.65 Å². The Balaban J connectivity index is 2.19. The van der Waals surface area contributed by atoms with Crippen molar-refractivity contribution in [2.75, 3.05) is 0 Å². The van der Waals surface area contributed by atoms with E-state index in [2.05, 4.69) is 15.0 Å². The Morgan fingerprint density at radius 2 is 2.11 bits per heavy atom. The van der Waals surface area contributed by atoms with E-state index >= 15 is 0 Å². The number of nitrogens with zero attached hydrogens (tertiary/aromatic N) is 2. The topological polar surface area (TPSA) is 41.6 Å². The Kier molecular flexibility index (Phi) is 2.52. The molecule has 1 N–H and O–H groups in total. The summed E-state index contributed by atoms with van der Waals surface area (Å²) < 4.78 is 13.1. The molecule has 0 aliphatic carbocycles. The number of hydrogen-bond donors (Lipinski definition) is 1. The molecule has 90 valence electrons. The summed E-state index contributed by atoms with van der Waals surface area (Å²) in [6, 6.07) is 6.41. The number of nitrogens with one attached hydrogen (secondary N) is 1. The lowest BCUT2D eigenvalue weighted by molar-refractivity contribution is 0.628. The number of rotatable bonds is 1. The minimum atomic E-state index is -0.439. The van der Waals surface area contributed by atoms with Gasteiger partial charge in [0.05, 0.1) is 10.5 Å². The van der Waals surface area contributed by atoms with Crippen molar-refractivity contribution in [2.45, 2.75) is 6.92 Å². The second kappa shape index (κ2) is 4.07. The SMILES string of the molecule is Cc1ccnc2nc(-c3ccc(F)c(Cl)c3)[nH]c12. The van der Waals surface area contributed by atoms with Crippen LogP contribution in [0.4, 0.5) is 4.39 Å². The smallest absolute Gasteiger partial charge is 0.178 e. The third-order valence-corrected chi connectivity index (χ3v) is 3.08. The second-order valence-corrected chi connectivity index (χ2v) is 4.45. The standard InChI is InChI=1S/C13H9ClFN3/c1-7-4-5-16-13-11(7)17-12(18-13)8-2-3-10(15)9(14)6-8/h2-6H,1H3,(H,16,17,18). The maximum Gasteiger partial charge on any atom is 0.178 e. The largest absolute Gasteiger partial charge is 0.336 e. The second-order valence-electron chi connectivity index (χ2n) is 4.04. The van der Waals surface area contributed by atoms with Gasteiger partial charge in [0.25, 0.3) is 0 Å². The lowest BCUT2D eigenvalue weighted by Crippen LogP contribution is -1.83. The Morgan fingerprint density at radius 3 is 2.83 bits per heavy atom. The van der Waals surface area contributed by atoms with Crippen LogP contribution in [0, 0.1) is 12.7 Å². The van der Waals surface area contributed by atoms with Gasteiger partial charge in [-0.05, 0) is 36.8 Å². The summed E-state index contributed by atoms with van der Waals surface area (Å²) in [5.41, 5.74) is 3.32. The molecule has 0 unspecified atom stereocenters. The van der Waals surface area contributed by atoms with E-state index < -0.39 is 5.82 Å². The van der Waals surface area contributed by atoms with Crippen molar-refractivity contribution in [2.24, 2.45) is 0 Å². The van der Waals surface area contributed by atoms with Crippen LogP contribution in [-0.4, -0.2) is 15.0 Å². The van der Waals surface area contributed by atoms with Crippen LogP contribution in [0.2, 0.25) is 5.02 Å². The van der Waals surface area contributed by atoms with Crippen LogP contribution < -0.4 is 0 Å². The Hall–Kier alpha value is -1.94. The first-order valence-electron chi connectivity index (χ1n) is 5.42. The highest BCUT2D eigenvalue weighted by molar-refractivity contribution is 6.31. The van der Waals surface area contributed by atoms with E-state index in [1.54, 1.807) is 18.3 Å². The molecule has 2 heterocycles. The maximum atomic E-state index is 13.1. The highest BCUT2D eigenvalue weighted by atomic mass is 35.5. The zero-order valence-corrected chi connectivity index (χ0v) is 10.3. The molecule has 3 rings (SSSR count). The van der Waals surface area contributed by atoms with E-state index in [0.717, 1.165) is 16.6 Å². The van der Waals surface area contributed by atoms with Crippen LogP contribution in [0.5, 0.6) is 0 Å². The van der Waals surface area contributed by atoms with Crippen molar-refractivity contribution in [3.63, 3.8) is 0 Å². The zero-order chi connectivity index (χ0) is 12.7. The lowest BCUT2D eigenvalue weighted by atomic mass is 10.2. The van der Waals surface area contributed by atoms with Crippen LogP contribution in [0.1, 0.15) is 5.56 Å². The monoisotopic (exact) mass is 261 g/mol. The highest BCUT2D eigenvalue weighted by Crippen LogP contribution is 2.25. The Morgan fingerprint density at radius 1 is 1.28 bits per heavy atom. The summed E-state index contributed by atoms with van der Waals surface area (Å²) in [6.07, 6.45) is 1.71. The number of aromatic amines is 1. The highest BCUT2D eigenvalue weighted by Gasteiger charge is 2.09. The van der Waals surface area contributed by atoms with Gasteiger partial charge in [0, 0.05) is 11.8 Å². The van der Waals surface area contributed by atoms with Crippen molar-refractivity contribution in [3.8, 4) is 11.4 Å². The minimum Gasteiger partial charge on any atom is -0.336 e. The summed E-state index contributed by atoms with van der Waals surface area (Å²) in [5, 5.41) is 0.0811.